The van der Waals surface area contributed by atoms with Crippen molar-refractivity contribution in [3.63, 3.8) is 0 Å². The molecule has 1 rings (SSSR count). The molecule has 3 nitrogen and oxygen atoms in total. The maximum absolute atomic E-state index is 11.0. The van der Waals surface area contributed by atoms with Crippen LogP contribution in [-0.4, -0.2) is 23.3 Å². The Balaban J connectivity index is 2.62. The second kappa shape index (κ2) is 4.82. The summed E-state index contributed by atoms with van der Waals surface area (Å²) in [5.41, 5.74) is 0. The molecular formula is C10H14O3. The van der Waals surface area contributed by atoms with Crippen LogP contribution in [0.3, 0.4) is 0 Å². The van der Waals surface area contributed by atoms with Crippen LogP contribution in [0.25, 0.3) is 0 Å². The van der Waals surface area contributed by atoms with Crippen LogP contribution in [-0.2, 0) is 9.53 Å². The van der Waals surface area contributed by atoms with E-state index < -0.39 is 6.10 Å². The number of allylic oxidation sites excluding steroid dienone is 2. The number of aliphatic hydroxyl groups is 1. The molecule has 2 unspecified atom stereocenters. The fourth-order valence-electron chi connectivity index (χ4n) is 1.12. The van der Waals surface area contributed by atoms with Crippen LogP contribution in [0.1, 0.15) is 19.8 Å². The maximum atomic E-state index is 11.0. The molecule has 0 spiro atoms. The maximum Gasteiger partial charge on any atom is 0.331 e. The molecule has 1 aliphatic rings. The van der Waals surface area contributed by atoms with E-state index in [9.17, 15) is 9.90 Å². The molecule has 72 valence electrons. The predicted octanol–water partition coefficient (Wildman–Crippen LogP) is 1.19. The van der Waals surface area contributed by atoms with Crippen molar-refractivity contribution >= 4 is 5.97 Å². The van der Waals surface area contributed by atoms with Crippen molar-refractivity contribution < 1.29 is 14.6 Å². The zero-order valence-corrected chi connectivity index (χ0v) is 7.64. The van der Waals surface area contributed by atoms with E-state index in [-0.39, 0.29) is 12.1 Å². The smallest absolute Gasteiger partial charge is 0.331 e. The van der Waals surface area contributed by atoms with Gasteiger partial charge >= 0.3 is 5.97 Å². The van der Waals surface area contributed by atoms with Gasteiger partial charge in [-0.2, -0.15) is 0 Å². The molecule has 1 aliphatic heterocycles. The summed E-state index contributed by atoms with van der Waals surface area (Å²) >= 11 is 0. The largest absolute Gasteiger partial charge is 0.460 e. The van der Waals surface area contributed by atoms with Crippen LogP contribution >= 0.6 is 0 Å². The zero-order valence-electron chi connectivity index (χ0n) is 7.64. The molecule has 0 aromatic rings. The number of aliphatic hydroxyl groups excluding tert-OH is 1. The Labute approximate surface area is 77.7 Å². The predicted molar refractivity (Wildman–Crippen MR) is 49.1 cm³/mol. The molecule has 0 aliphatic carbocycles. The lowest BCUT2D eigenvalue weighted by molar-refractivity contribution is -0.142. The van der Waals surface area contributed by atoms with Gasteiger partial charge in [0.1, 0.15) is 0 Å². The van der Waals surface area contributed by atoms with E-state index in [0.29, 0.717) is 12.8 Å². The highest BCUT2D eigenvalue weighted by Gasteiger charge is 2.09. The molecule has 13 heavy (non-hydrogen) atoms. The number of carbonyl (C=O) groups excluding carboxylic acids is 1. The normalized spacial score (nSPS) is 29.8. The average Bonchev–Trinajstić information content (AvgIpc) is 2.08. The van der Waals surface area contributed by atoms with Gasteiger partial charge in [-0.3, -0.25) is 0 Å². The summed E-state index contributed by atoms with van der Waals surface area (Å²) < 4.78 is 5.00. The van der Waals surface area contributed by atoms with Crippen LogP contribution in [0.5, 0.6) is 0 Å². The number of esters is 1. The monoisotopic (exact) mass is 182 g/mol. The van der Waals surface area contributed by atoms with Crippen molar-refractivity contribution in [2.45, 2.75) is 32.0 Å². The standard InChI is InChI=1S/C10H14O3/c1-8-6-7-9(11)4-2-3-5-10(12)13-8/h2-5,8-9,11H,6-7H2,1H3. The third kappa shape index (κ3) is 3.90. The first-order valence-corrected chi connectivity index (χ1v) is 4.42. The minimum absolute atomic E-state index is 0.127. The first-order chi connectivity index (χ1) is 6.18. The lowest BCUT2D eigenvalue weighted by Crippen LogP contribution is -2.16. The van der Waals surface area contributed by atoms with Crippen LogP contribution in [0, 0.1) is 0 Å². The van der Waals surface area contributed by atoms with Gasteiger partial charge in [-0.15, -0.1) is 0 Å². The first-order valence-electron chi connectivity index (χ1n) is 4.42. The third-order valence-electron chi connectivity index (χ3n) is 1.86. The first kappa shape index (κ1) is 9.99. The van der Waals surface area contributed by atoms with E-state index in [1.807, 2.05) is 6.92 Å². The lowest BCUT2D eigenvalue weighted by Gasteiger charge is -2.13. The van der Waals surface area contributed by atoms with Crippen molar-refractivity contribution in [1.29, 1.82) is 0 Å². The molecule has 1 heterocycles. The third-order valence-corrected chi connectivity index (χ3v) is 1.86. The van der Waals surface area contributed by atoms with Gasteiger partial charge in [0.25, 0.3) is 0 Å². The highest BCUT2D eigenvalue weighted by atomic mass is 16.5. The average molecular weight is 182 g/mol. The fraction of sp³-hybridized carbons (Fsp3) is 0.500. The summed E-state index contributed by atoms with van der Waals surface area (Å²) in [6.45, 7) is 1.82. The van der Waals surface area contributed by atoms with E-state index in [0.717, 1.165) is 0 Å². The van der Waals surface area contributed by atoms with Crippen molar-refractivity contribution in [3.8, 4) is 0 Å². The summed E-state index contributed by atoms with van der Waals surface area (Å²) in [7, 11) is 0. The number of ether oxygens (including phenoxy) is 1. The van der Waals surface area contributed by atoms with Gasteiger partial charge in [-0.1, -0.05) is 18.2 Å². The lowest BCUT2D eigenvalue weighted by atomic mass is 10.1. The SMILES string of the molecule is CC1CCC(O)C=CC=CC(=O)O1. The molecule has 1 N–H and O–H groups in total. The number of hydrogen-bond donors (Lipinski definition) is 1. The van der Waals surface area contributed by atoms with Crippen LogP contribution < -0.4 is 0 Å². The Bertz CT molecular complexity index is 230. The van der Waals surface area contributed by atoms with Crippen LogP contribution in [0.15, 0.2) is 24.3 Å². The summed E-state index contributed by atoms with van der Waals surface area (Å²) in [5.74, 6) is -0.325. The van der Waals surface area contributed by atoms with Crippen molar-refractivity contribution in [1.82, 2.24) is 0 Å². The molecule has 0 aromatic carbocycles. The van der Waals surface area contributed by atoms with Gasteiger partial charge in [0.15, 0.2) is 0 Å². The Hall–Kier alpha value is -1.09. The summed E-state index contributed by atoms with van der Waals surface area (Å²) in [5, 5.41) is 9.35. The topological polar surface area (TPSA) is 46.5 Å². The molecule has 0 fully saturated rings. The van der Waals surface area contributed by atoms with E-state index in [1.54, 1.807) is 18.2 Å². The molecule has 0 saturated heterocycles. The summed E-state index contributed by atoms with van der Waals surface area (Å²) in [4.78, 5) is 11.0. The van der Waals surface area contributed by atoms with Gasteiger partial charge in [0.05, 0.1) is 12.2 Å². The quantitative estimate of drug-likeness (QED) is 0.572. The Morgan fingerprint density at radius 2 is 2.23 bits per heavy atom. The Kier molecular flexibility index (Phi) is 3.71. The number of carbonyl (C=O) groups is 1. The highest BCUT2D eigenvalue weighted by molar-refractivity contribution is 5.82. The molecule has 0 amide bonds. The number of rotatable bonds is 0. The Morgan fingerprint density at radius 1 is 1.46 bits per heavy atom. The summed E-state index contributed by atoms with van der Waals surface area (Å²) in [6, 6.07) is 0. The zero-order chi connectivity index (χ0) is 9.68. The van der Waals surface area contributed by atoms with Gasteiger partial charge in [-0.05, 0) is 19.8 Å². The van der Waals surface area contributed by atoms with E-state index >= 15 is 0 Å². The van der Waals surface area contributed by atoms with Gasteiger partial charge in [0, 0.05) is 6.08 Å². The van der Waals surface area contributed by atoms with E-state index in [4.69, 9.17) is 4.74 Å². The van der Waals surface area contributed by atoms with Gasteiger partial charge in [-0.25, -0.2) is 4.79 Å². The molecule has 0 saturated carbocycles. The molecule has 3 heteroatoms. The molecular weight excluding hydrogens is 168 g/mol. The fourth-order valence-corrected chi connectivity index (χ4v) is 1.12. The number of cyclic esters (lactones) is 1. The van der Waals surface area contributed by atoms with Gasteiger partial charge in [0.2, 0.25) is 0 Å². The summed E-state index contributed by atoms with van der Waals surface area (Å²) in [6.07, 6.45) is 6.99. The molecule has 0 aromatic heterocycles. The van der Waals surface area contributed by atoms with Gasteiger partial charge < -0.3 is 9.84 Å². The minimum atomic E-state index is -0.441. The van der Waals surface area contributed by atoms with E-state index in [1.165, 1.54) is 6.08 Å². The number of hydrogen-bond acceptors (Lipinski definition) is 3. The molecule has 0 bridgehead atoms. The van der Waals surface area contributed by atoms with Crippen LogP contribution in [0.2, 0.25) is 0 Å². The van der Waals surface area contributed by atoms with Crippen molar-refractivity contribution in [2.24, 2.45) is 0 Å². The molecule has 0 radical (unpaired) electrons. The minimum Gasteiger partial charge on any atom is -0.460 e. The van der Waals surface area contributed by atoms with Crippen molar-refractivity contribution in [3.05, 3.63) is 24.3 Å². The van der Waals surface area contributed by atoms with E-state index in [2.05, 4.69) is 0 Å². The second-order valence-electron chi connectivity index (χ2n) is 3.14. The Morgan fingerprint density at radius 3 is 3.00 bits per heavy atom. The molecule has 2 atom stereocenters. The van der Waals surface area contributed by atoms with Crippen LogP contribution in [0.4, 0.5) is 0 Å². The highest BCUT2D eigenvalue weighted by Crippen LogP contribution is 2.07. The van der Waals surface area contributed by atoms with Crippen molar-refractivity contribution in [2.75, 3.05) is 0 Å². The second-order valence-corrected chi connectivity index (χ2v) is 3.14.